The number of amides is 1. The molecule has 2 saturated heterocycles. The molecule has 0 aliphatic carbocycles. The summed E-state index contributed by atoms with van der Waals surface area (Å²) < 4.78 is 40.0. The molecular formula is C15H14F3N3O. The van der Waals surface area contributed by atoms with E-state index in [1.54, 1.807) is 5.01 Å². The number of carbonyl (C=O) groups is 1. The van der Waals surface area contributed by atoms with Crippen LogP contribution in [0.3, 0.4) is 0 Å². The minimum atomic E-state index is -2.75. The summed E-state index contributed by atoms with van der Waals surface area (Å²) in [6, 6.07) is 3.38. The summed E-state index contributed by atoms with van der Waals surface area (Å²) in [5.41, 5.74) is -1.12. The van der Waals surface area contributed by atoms with Gasteiger partial charge < -0.3 is 0 Å². The maximum Gasteiger partial charge on any atom is 0.254 e. The monoisotopic (exact) mass is 309 g/mol. The average Bonchev–Trinajstić information content (AvgIpc) is 2.98. The Morgan fingerprint density at radius 2 is 2.14 bits per heavy atom. The Bertz CT molecular complexity index is 672. The van der Waals surface area contributed by atoms with Crippen LogP contribution >= 0.6 is 0 Å². The summed E-state index contributed by atoms with van der Waals surface area (Å²) in [4.78, 5) is 15.6. The summed E-state index contributed by atoms with van der Waals surface area (Å²) in [5.74, 6) is -1.20. The van der Waals surface area contributed by atoms with Crippen molar-refractivity contribution in [3.63, 3.8) is 0 Å². The Morgan fingerprint density at radius 3 is 2.77 bits per heavy atom. The number of hydrogen-bond donors (Lipinski definition) is 0. The summed E-state index contributed by atoms with van der Waals surface area (Å²) in [6.07, 6.45) is -2.22. The zero-order valence-corrected chi connectivity index (χ0v) is 11.9. The van der Waals surface area contributed by atoms with Gasteiger partial charge in [0.25, 0.3) is 12.3 Å². The Balaban J connectivity index is 1.97. The molecule has 0 radical (unpaired) electrons. The largest absolute Gasteiger partial charge is 0.272 e. The Labute approximate surface area is 125 Å². The third-order valence-corrected chi connectivity index (χ3v) is 4.37. The van der Waals surface area contributed by atoms with Gasteiger partial charge in [0.1, 0.15) is 11.2 Å². The van der Waals surface area contributed by atoms with Crippen LogP contribution in [0.1, 0.15) is 24.9 Å². The molecule has 3 rings (SSSR count). The van der Waals surface area contributed by atoms with Gasteiger partial charge in [0.15, 0.2) is 5.69 Å². The third kappa shape index (κ3) is 2.06. The van der Waals surface area contributed by atoms with Crippen molar-refractivity contribution in [1.29, 1.82) is 0 Å². The molecule has 116 valence electrons. The van der Waals surface area contributed by atoms with Crippen LogP contribution in [0.5, 0.6) is 0 Å². The van der Waals surface area contributed by atoms with E-state index in [1.807, 2.05) is 0 Å². The smallest absolute Gasteiger partial charge is 0.254 e. The minimum absolute atomic E-state index is 0.0367. The van der Waals surface area contributed by atoms with Crippen LogP contribution in [0.15, 0.2) is 18.2 Å². The van der Waals surface area contributed by atoms with Gasteiger partial charge >= 0.3 is 0 Å². The fourth-order valence-corrected chi connectivity index (χ4v) is 3.16. The Kier molecular flexibility index (Phi) is 3.37. The van der Waals surface area contributed by atoms with Crippen LogP contribution in [0.2, 0.25) is 0 Å². The molecule has 1 aromatic carbocycles. The molecule has 2 atom stereocenters. The zero-order valence-electron chi connectivity index (χ0n) is 11.9. The summed E-state index contributed by atoms with van der Waals surface area (Å²) in [6.45, 7) is 8.66. The van der Waals surface area contributed by atoms with Crippen LogP contribution in [0.25, 0.3) is 4.85 Å². The highest BCUT2D eigenvalue weighted by atomic mass is 19.3. The molecule has 0 spiro atoms. The van der Waals surface area contributed by atoms with E-state index in [-0.39, 0.29) is 12.2 Å². The number of benzene rings is 1. The van der Waals surface area contributed by atoms with Gasteiger partial charge in [-0.2, -0.15) is 0 Å². The molecular weight excluding hydrogens is 295 g/mol. The molecule has 22 heavy (non-hydrogen) atoms. The van der Waals surface area contributed by atoms with Crippen LogP contribution in [0.4, 0.5) is 18.9 Å². The highest BCUT2D eigenvalue weighted by Crippen LogP contribution is 2.45. The van der Waals surface area contributed by atoms with E-state index in [4.69, 9.17) is 6.57 Å². The van der Waals surface area contributed by atoms with E-state index in [1.165, 1.54) is 24.1 Å². The van der Waals surface area contributed by atoms with Crippen LogP contribution in [-0.4, -0.2) is 35.4 Å². The average molecular weight is 309 g/mol. The summed E-state index contributed by atoms with van der Waals surface area (Å²) >= 11 is 0. The topological polar surface area (TPSA) is 27.9 Å². The van der Waals surface area contributed by atoms with Crippen molar-refractivity contribution < 1.29 is 18.0 Å². The molecule has 0 aromatic heterocycles. The van der Waals surface area contributed by atoms with Crippen molar-refractivity contribution in [2.24, 2.45) is 5.41 Å². The van der Waals surface area contributed by atoms with Crippen molar-refractivity contribution in [1.82, 2.24) is 10.0 Å². The Morgan fingerprint density at radius 1 is 1.41 bits per heavy atom. The van der Waals surface area contributed by atoms with E-state index >= 15 is 0 Å². The fraction of sp³-hybridized carbons (Fsp3) is 0.467. The van der Waals surface area contributed by atoms with E-state index in [9.17, 15) is 18.0 Å². The summed E-state index contributed by atoms with van der Waals surface area (Å²) in [7, 11) is 0. The normalized spacial score (nSPS) is 28.3. The predicted molar refractivity (Wildman–Crippen MR) is 72.6 cm³/mol. The molecule has 0 saturated carbocycles. The van der Waals surface area contributed by atoms with Gasteiger partial charge in [-0.1, -0.05) is 6.07 Å². The minimum Gasteiger partial charge on any atom is -0.272 e. The standard InChI is InChI=1S/C15H14F3N3O/c1-15(13(17)18)8-20-4-3-12(21(20)14(15)22)9-5-10(16)7-11(6-9)19-2/h5-7,12-13H,3-4,8H2,1H3/t12-,15?/m1/s1. The van der Waals surface area contributed by atoms with Crippen LogP contribution in [-0.2, 0) is 4.79 Å². The summed E-state index contributed by atoms with van der Waals surface area (Å²) in [5, 5.41) is 2.91. The lowest BCUT2D eigenvalue weighted by Gasteiger charge is -2.26. The highest BCUT2D eigenvalue weighted by Gasteiger charge is 2.57. The molecule has 0 N–H and O–H groups in total. The number of hydrazine groups is 1. The SMILES string of the molecule is [C-]#[N+]c1cc(F)cc([C@H]2CCN3CC(C)(C(F)F)C(=O)N23)c1. The lowest BCUT2D eigenvalue weighted by atomic mass is 9.90. The van der Waals surface area contributed by atoms with Gasteiger partial charge in [-0.05, 0) is 31.0 Å². The van der Waals surface area contributed by atoms with Gasteiger partial charge in [-0.15, -0.1) is 0 Å². The van der Waals surface area contributed by atoms with Crippen molar-refractivity contribution in [2.45, 2.75) is 25.8 Å². The second kappa shape index (κ2) is 4.99. The second-order valence-electron chi connectivity index (χ2n) is 5.92. The lowest BCUT2D eigenvalue weighted by Crippen LogP contribution is -2.39. The first-order valence-corrected chi connectivity index (χ1v) is 6.91. The molecule has 0 bridgehead atoms. The number of rotatable bonds is 2. The van der Waals surface area contributed by atoms with Gasteiger partial charge in [-0.25, -0.2) is 23.0 Å². The van der Waals surface area contributed by atoms with E-state index < -0.39 is 29.6 Å². The molecule has 2 aliphatic rings. The maximum atomic E-state index is 13.6. The van der Waals surface area contributed by atoms with Gasteiger partial charge in [0, 0.05) is 13.1 Å². The third-order valence-electron chi connectivity index (χ3n) is 4.37. The first-order valence-electron chi connectivity index (χ1n) is 6.91. The van der Waals surface area contributed by atoms with E-state index in [2.05, 4.69) is 4.85 Å². The van der Waals surface area contributed by atoms with E-state index in [0.717, 1.165) is 6.07 Å². The number of fused-ring (bicyclic) bond motifs is 1. The first kappa shape index (κ1) is 14.9. The van der Waals surface area contributed by atoms with Crippen LogP contribution in [0, 0.1) is 17.8 Å². The van der Waals surface area contributed by atoms with Gasteiger partial charge in [0.2, 0.25) is 0 Å². The molecule has 1 aromatic rings. The molecule has 1 unspecified atom stereocenters. The number of hydrogen-bond acceptors (Lipinski definition) is 2. The fourth-order valence-electron chi connectivity index (χ4n) is 3.16. The molecule has 4 nitrogen and oxygen atoms in total. The van der Waals surface area contributed by atoms with Crippen molar-refractivity contribution >= 4 is 11.6 Å². The number of nitrogens with zero attached hydrogens (tertiary/aromatic N) is 3. The first-order chi connectivity index (χ1) is 10.4. The van der Waals surface area contributed by atoms with E-state index in [0.29, 0.717) is 18.5 Å². The molecule has 7 heteroatoms. The van der Waals surface area contributed by atoms with Gasteiger partial charge in [-0.3, -0.25) is 9.80 Å². The van der Waals surface area contributed by atoms with Crippen LogP contribution < -0.4 is 0 Å². The van der Waals surface area contributed by atoms with Crippen molar-refractivity contribution in [2.75, 3.05) is 13.1 Å². The number of alkyl halides is 2. The van der Waals surface area contributed by atoms with Gasteiger partial charge in [0.05, 0.1) is 12.6 Å². The highest BCUT2D eigenvalue weighted by molar-refractivity contribution is 5.85. The molecule has 2 aliphatic heterocycles. The van der Waals surface area contributed by atoms with Crippen molar-refractivity contribution in [3.8, 4) is 0 Å². The maximum absolute atomic E-state index is 13.6. The second-order valence-corrected chi connectivity index (χ2v) is 5.92. The van der Waals surface area contributed by atoms with Crippen molar-refractivity contribution in [3.05, 3.63) is 41.0 Å². The predicted octanol–water partition coefficient (Wildman–Crippen LogP) is 3.15. The quantitative estimate of drug-likeness (QED) is 0.785. The number of halogens is 3. The molecule has 1 amide bonds. The zero-order chi connectivity index (χ0) is 16.1. The lowest BCUT2D eigenvalue weighted by molar-refractivity contribution is -0.147. The number of carbonyl (C=O) groups excluding carboxylic acids is 1. The molecule has 2 heterocycles. The Hall–Kier alpha value is -2.07. The molecule has 2 fully saturated rings.